The fourth-order valence-electron chi connectivity index (χ4n) is 3.30. The van der Waals surface area contributed by atoms with Crippen LogP contribution in [-0.4, -0.2) is 30.9 Å². The predicted octanol–water partition coefficient (Wildman–Crippen LogP) is 3.74. The molecule has 1 heterocycles. The Labute approximate surface area is 139 Å². The van der Waals surface area contributed by atoms with Crippen LogP contribution in [0.3, 0.4) is 0 Å². The molecule has 0 bridgehead atoms. The van der Waals surface area contributed by atoms with Crippen LogP contribution in [0.25, 0.3) is 21.9 Å². The summed E-state index contributed by atoms with van der Waals surface area (Å²) in [6, 6.07) is 17.1. The van der Waals surface area contributed by atoms with Crippen molar-refractivity contribution in [1.82, 2.24) is 4.90 Å². The molecule has 0 saturated heterocycles. The summed E-state index contributed by atoms with van der Waals surface area (Å²) in [6.07, 6.45) is 0. The van der Waals surface area contributed by atoms with Gasteiger partial charge in [0.25, 0.3) is 11.8 Å². The van der Waals surface area contributed by atoms with Gasteiger partial charge in [-0.15, -0.1) is 0 Å². The lowest BCUT2D eigenvalue weighted by Gasteiger charge is -2.25. The average Bonchev–Trinajstić information content (AvgIpc) is 2.64. The number of carbonyl (C=O) groups excluding carboxylic acids is 2. The lowest BCUT2D eigenvalue weighted by molar-refractivity contribution is 0.0650. The number of imide groups is 1. The lowest BCUT2D eigenvalue weighted by Crippen LogP contribution is -2.36. The molecule has 4 nitrogen and oxygen atoms in total. The number of carbonyl (C=O) groups is 2. The molecule has 0 unspecified atom stereocenters. The van der Waals surface area contributed by atoms with E-state index >= 15 is 0 Å². The maximum absolute atomic E-state index is 12.5. The van der Waals surface area contributed by atoms with Gasteiger partial charge in [0.2, 0.25) is 0 Å². The van der Waals surface area contributed by atoms with Gasteiger partial charge in [0, 0.05) is 28.9 Å². The van der Waals surface area contributed by atoms with Crippen molar-refractivity contribution in [3.05, 3.63) is 65.7 Å². The summed E-state index contributed by atoms with van der Waals surface area (Å²) < 4.78 is 5.53. The Kier molecular flexibility index (Phi) is 3.13. The van der Waals surface area contributed by atoms with Gasteiger partial charge in [-0.1, -0.05) is 36.4 Å². The van der Waals surface area contributed by atoms with E-state index < -0.39 is 0 Å². The highest BCUT2D eigenvalue weighted by atomic mass is 16.5. The Balaban J connectivity index is 2.17. The highest BCUT2D eigenvalue weighted by Crippen LogP contribution is 2.41. The third kappa shape index (κ3) is 1.86. The Morgan fingerprint density at radius 1 is 0.750 bits per heavy atom. The van der Waals surface area contributed by atoms with Gasteiger partial charge in [-0.25, -0.2) is 0 Å². The number of benzene rings is 3. The molecule has 24 heavy (non-hydrogen) atoms. The van der Waals surface area contributed by atoms with Crippen LogP contribution in [0.15, 0.2) is 54.6 Å². The first-order valence-electron chi connectivity index (χ1n) is 7.65. The van der Waals surface area contributed by atoms with Gasteiger partial charge in [-0.05, 0) is 29.3 Å². The molecule has 0 N–H and O–H groups in total. The zero-order valence-corrected chi connectivity index (χ0v) is 13.4. The van der Waals surface area contributed by atoms with Gasteiger partial charge >= 0.3 is 0 Å². The second kappa shape index (κ2) is 5.20. The highest BCUT2D eigenvalue weighted by Gasteiger charge is 2.32. The zero-order chi connectivity index (χ0) is 16.8. The van der Waals surface area contributed by atoms with Crippen LogP contribution in [0.1, 0.15) is 20.7 Å². The summed E-state index contributed by atoms with van der Waals surface area (Å²) in [5.41, 5.74) is 3.01. The van der Waals surface area contributed by atoms with E-state index in [9.17, 15) is 9.59 Å². The molecule has 0 aromatic heterocycles. The molecule has 4 rings (SSSR count). The minimum Gasteiger partial charge on any atom is -0.496 e. The zero-order valence-electron chi connectivity index (χ0n) is 13.4. The number of ether oxygens (including phenoxy) is 1. The van der Waals surface area contributed by atoms with Crippen molar-refractivity contribution in [3.63, 3.8) is 0 Å². The van der Waals surface area contributed by atoms with Crippen molar-refractivity contribution in [3.8, 4) is 16.9 Å². The quantitative estimate of drug-likeness (QED) is 0.676. The van der Waals surface area contributed by atoms with Crippen LogP contribution in [0.2, 0.25) is 0 Å². The third-order valence-electron chi connectivity index (χ3n) is 4.50. The number of amides is 2. The molecule has 3 aromatic carbocycles. The van der Waals surface area contributed by atoms with Crippen LogP contribution in [0.4, 0.5) is 0 Å². The van der Waals surface area contributed by atoms with E-state index in [1.165, 1.54) is 7.05 Å². The molecule has 0 aliphatic carbocycles. The van der Waals surface area contributed by atoms with Gasteiger partial charge in [0.1, 0.15) is 5.75 Å². The molecule has 0 saturated carbocycles. The summed E-state index contributed by atoms with van der Waals surface area (Å²) in [6.45, 7) is 0. The predicted molar refractivity (Wildman–Crippen MR) is 92.4 cm³/mol. The van der Waals surface area contributed by atoms with Crippen molar-refractivity contribution >= 4 is 22.6 Å². The maximum atomic E-state index is 12.5. The van der Waals surface area contributed by atoms with E-state index in [-0.39, 0.29) is 11.8 Å². The third-order valence-corrected chi connectivity index (χ3v) is 4.50. The molecule has 0 spiro atoms. The number of hydrogen-bond donors (Lipinski definition) is 0. The fourth-order valence-corrected chi connectivity index (χ4v) is 3.30. The molecule has 1 aliphatic rings. The van der Waals surface area contributed by atoms with E-state index in [0.717, 1.165) is 21.4 Å². The average molecular weight is 317 g/mol. The lowest BCUT2D eigenvalue weighted by atomic mass is 9.88. The van der Waals surface area contributed by atoms with Gasteiger partial charge < -0.3 is 4.74 Å². The first-order valence-corrected chi connectivity index (χ1v) is 7.65. The molecule has 3 aromatic rings. The van der Waals surface area contributed by atoms with Gasteiger partial charge in [0.15, 0.2) is 0 Å². The summed E-state index contributed by atoms with van der Waals surface area (Å²) in [5.74, 6) is 0.0790. The molecule has 0 radical (unpaired) electrons. The van der Waals surface area contributed by atoms with Crippen molar-refractivity contribution < 1.29 is 14.3 Å². The van der Waals surface area contributed by atoms with Gasteiger partial charge in [-0.3, -0.25) is 14.5 Å². The first kappa shape index (κ1) is 14.5. The van der Waals surface area contributed by atoms with Crippen LogP contribution in [0.5, 0.6) is 5.75 Å². The second-order valence-electron chi connectivity index (χ2n) is 5.76. The number of nitrogens with zero attached hydrogens (tertiary/aromatic N) is 1. The van der Waals surface area contributed by atoms with Crippen LogP contribution < -0.4 is 4.74 Å². The standard InChI is InChI=1S/C20H15NO3/c1-21-19(22)14-9-8-13(12-6-4-3-5-7-12)18-16(24-2)11-10-15(17(14)18)20(21)23/h3-11H,1-2H3. The van der Waals surface area contributed by atoms with E-state index in [0.29, 0.717) is 22.3 Å². The van der Waals surface area contributed by atoms with Crippen molar-refractivity contribution in [1.29, 1.82) is 0 Å². The van der Waals surface area contributed by atoms with Crippen LogP contribution in [0, 0.1) is 0 Å². The smallest absolute Gasteiger partial charge is 0.261 e. The Morgan fingerprint density at radius 2 is 1.33 bits per heavy atom. The summed E-state index contributed by atoms with van der Waals surface area (Å²) >= 11 is 0. The molecular formula is C20H15NO3. The summed E-state index contributed by atoms with van der Waals surface area (Å²) in [4.78, 5) is 26.2. The molecule has 2 amide bonds. The summed E-state index contributed by atoms with van der Waals surface area (Å²) in [5, 5.41) is 1.47. The van der Waals surface area contributed by atoms with E-state index in [2.05, 4.69) is 0 Å². The van der Waals surface area contributed by atoms with E-state index in [4.69, 9.17) is 4.74 Å². The normalized spacial score (nSPS) is 13.5. The highest BCUT2D eigenvalue weighted by molar-refractivity contribution is 6.27. The topological polar surface area (TPSA) is 46.6 Å². The number of hydrogen-bond acceptors (Lipinski definition) is 3. The Hall–Kier alpha value is -3.14. The molecule has 1 aliphatic heterocycles. The molecule has 118 valence electrons. The van der Waals surface area contributed by atoms with Crippen LogP contribution >= 0.6 is 0 Å². The SMILES string of the molecule is COc1ccc2c3c(ccc(-c4ccccc4)c13)C(=O)N(C)C2=O. The Morgan fingerprint density at radius 3 is 1.96 bits per heavy atom. The first-order chi connectivity index (χ1) is 11.6. The molecular weight excluding hydrogens is 302 g/mol. The van der Waals surface area contributed by atoms with Crippen molar-refractivity contribution in [2.24, 2.45) is 0 Å². The Bertz CT molecular complexity index is 970. The largest absolute Gasteiger partial charge is 0.496 e. The van der Waals surface area contributed by atoms with E-state index in [1.807, 2.05) is 36.4 Å². The molecule has 4 heteroatoms. The number of methoxy groups -OCH3 is 1. The van der Waals surface area contributed by atoms with E-state index in [1.54, 1.807) is 25.3 Å². The monoisotopic (exact) mass is 317 g/mol. The summed E-state index contributed by atoms with van der Waals surface area (Å²) in [7, 11) is 3.10. The number of rotatable bonds is 2. The van der Waals surface area contributed by atoms with Crippen molar-refractivity contribution in [2.45, 2.75) is 0 Å². The second-order valence-corrected chi connectivity index (χ2v) is 5.76. The van der Waals surface area contributed by atoms with Crippen molar-refractivity contribution in [2.75, 3.05) is 14.2 Å². The van der Waals surface area contributed by atoms with Gasteiger partial charge in [-0.2, -0.15) is 0 Å². The molecule has 0 atom stereocenters. The van der Waals surface area contributed by atoms with Crippen LogP contribution in [-0.2, 0) is 0 Å². The molecule has 0 fully saturated rings. The maximum Gasteiger partial charge on any atom is 0.261 e. The minimum absolute atomic E-state index is 0.287. The fraction of sp³-hybridized carbons (Fsp3) is 0.100. The van der Waals surface area contributed by atoms with Gasteiger partial charge in [0.05, 0.1) is 7.11 Å². The minimum atomic E-state index is -0.287.